The number of aliphatic hydroxyl groups is 1. The highest BCUT2D eigenvalue weighted by molar-refractivity contribution is 5.83. The standard InChI is InChI=1S/C20H22O2/c1-3-12-20(19(22)13-14(2)21)17-10-6-4-8-15(17)16-9-5-7-11-18(16)20/h4-11,19,22H,3,12-13H2,1-2H3. The lowest BCUT2D eigenvalue weighted by molar-refractivity contribution is -0.119. The molecule has 1 unspecified atom stereocenters. The molecule has 0 fully saturated rings. The monoisotopic (exact) mass is 294 g/mol. The quantitative estimate of drug-likeness (QED) is 0.901. The summed E-state index contributed by atoms with van der Waals surface area (Å²) >= 11 is 0. The third-order valence-corrected chi connectivity index (χ3v) is 4.80. The number of rotatable bonds is 5. The molecule has 0 aliphatic heterocycles. The maximum absolute atomic E-state index is 11.6. The van der Waals surface area contributed by atoms with Gasteiger partial charge in [0.25, 0.3) is 0 Å². The highest BCUT2D eigenvalue weighted by Gasteiger charge is 2.47. The Kier molecular flexibility index (Phi) is 3.88. The minimum absolute atomic E-state index is 0.0323. The molecule has 3 rings (SSSR count). The lowest BCUT2D eigenvalue weighted by Crippen LogP contribution is -2.40. The van der Waals surface area contributed by atoms with Crippen molar-refractivity contribution in [2.75, 3.05) is 0 Å². The van der Waals surface area contributed by atoms with E-state index in [9.17, 15) is 9.90 Å². The Balaban J connectivity index is 2.26. The molecule has 114 valence electrons. The van der Waals surface area contributed by atoms with Gasteiger partial charge in [0, 0.05) is 11.8 Å². The first-order valence-corrected chi connectivity index (χ1v) is 7.98. The average Bonchev–Trinajstić information content (AvgIpc) is 2.79. The van der Waals surface area contributed by atoms with E-state index in [1.54, 1.807) is 6.92 Å². The zero-order valence-corrected chi connectivity index (χ0v) is 13.2. The minimum atomic E-state index is -0.685. The van der Waals surface area contributed by atoms with Crippen molar-refractivity contribution in [3.63, 3.8) is 0 Å². The average molecular weight is 294 g/mol. The molecule has 0 aromatic heterocycles. The third kappa shape index (κ3) is 2.10. The van der Waals surface area contributed by atoms with Gasteiger partial charge >= 0.3 is 0 Å². The van der Waals surface area contributed by atoms with E-state index in [4.69, 9.17) is 0 Å². The van der Waals surface area contributed by atoms with Crippen molar-refractivity contribution >= 4 is 5.78 Å². The van der Waals surface area contributed by atoms with Crippen molar-refractivity contribution < 1.29 is 9.90 Å². The normalized spacial score (nSPS) is 16.0. The van der Waals surface area contributed by atoms with Crippen LogP contribution in [0.3, 0.4) is 0 Å². The first kappa shape index (κ1) is 15.0. The molecule has 0 saturated heterocycles. The second-order valence-electron chi connectivity index (χ2n) is 6.23. The molecule has 1 aliphatic carbocycles. The van der Waals surface area contributed by atoms with Crippen molar-refractivity contribution in [3.05, 3.63) is 59.7 Å². The van der Waals surface area contributed by atoms with Crippen LogP contribution < -0.4 is 0 Å². The molecule has 2 aromatic rings. The predicted molar refractivity (Wildman–Crippen MR) is 88.9 cm³/mol. The summed E-state index contributed by atoms with van der Waals surface area (Å²) in [7, 11) is 0. The summed E-state index contributed by atoms with van der Waals surface area (Å²) in [6, 6.07) is 16.6. The summed E-state index contributed by atoms with van der Waals surface area (Å²) in [5.74, 6) is 0.0323. The predicted octanol–water partition coefficient (Wildman–Crippen LogP) is 4.09. The van der Waals surface area contributed by atoms with E-state index in [2.05, 4.69) is 31.2 Å². The maximum atomic E-state index is 11.6. The van der Waals surface area contributed by atoms with Crippen molar-refractivity contribution in [1.82, 2.24) is 0 Å². The molecular formula is C20H22O2. The van der Waals surface area contributed by atoms with Gasteiger partial charge in [-0.15, -0.1) is 0 Å². The van der Waals surface area contributed by atoms with Crippen LogP contribution in [0.4, 0.5) is 0 Å². The lowest BCUT2D eigenvalue weighted by atomic mass is 9.69. The molecule has 1 N–H and O–H groups in total. The Hall–Kier alpha value is -1.93. The molecule has 0 heterocycles. The van der Waals surface area contributed by atoms with E-state index in [1.165, 1.54) is 11.1 Å². The number of benzene rings is 2. The number of hydrogen-bond acceptors (Lipinski definition) is 2. The summed E-state index contributed by atoms with van der Waals surface area (Å²) < 4.78 is 0. The number of Topliss-reactive ketones (excluding diaryl/α,β-unsaturated/α-hetero) is 1. The Morgan fingerprint density at radius 2 is 1.55 bits per heavy atom. The summed E-state index contributed by atoms with van der Waals surface area (Å²) in [6.07, 6.45) is 1.31. The van der Waals surface area contributed by atoms with E-state index in [0.29, 0.717) is 0 Å². The van der Waals surface area contributed by atoms with Crippen molar-refractivity contribution in [3.8, 4) is 11.1 Å². The summed E-state index contributed by atoms with van der Waals surface area (Å²) in [6.45, 7) is 3.68. The van der Waals surface area contributed by atoms with E-state index in [-0.39, 0.29) is 12.2 Å². The van der Waals surface area contributed by atoms with Crippen LogP contribution in [-0.2, 0) is 10.2 Å². The summed E-state index contributed by atoms with van der Waals surface area (Å²) in [5, 5.41) is 11.0. The smallest absolute Gasteiger partial charge is 0.132 e. The van der Waals surface area contributed by atoms with E-state index >= 15 is 0 Å². The van der Waals surface area contributed by atoms with Gasteiger partial charge in [-0.3, -0.25) is 4.79 Å². The molecule has 2 heteroatoms. The van der Waals surface area contributed by atoms with Crippen LogP contribution in [0.2, 0.25) is 0 Å². The topological polar surface area (TPSA) is 37.3 Å². The molecule has 2 nitrogen and oxygen atoms in total. The fourth-order valence-electron chi connectivity index (χ4n) is 3.99. The molecule has 1 atom stereocenters. The van der Waals surface area contributed by atoms with Gasteiger partial charge in [0.1, 0.15) is 5.78 Å². The minimum Gasteiger partial charge on any atom is -0.391 e. The van der Waals surface area contributed by atoms with Crippen LogP contribution in [0.15, 0.2) is 48.5 Å². The number of carbonyl (C=O) groups excluding carboxylic acids is 1. The van der Waals surface area contributed by atoms with Crippen LogP contribution in [0.1, 0.15) is 44.2 Å². The van der Waals surface area contributed by atoms with Gasteiger partial charge in [-0.2, -0.15) is 0 Å². The van der Waals surface area contributed by atoms with Crippen LogP contribution >= 0.6 is 0 Å². The first-order valence-electron chi connectivity index (χ1n) is 7.98. The summed E-state index contributed by atoms with van der Waals surface area (Å²) in [4.78, 5) is 11.6. The molecule has 1 aliphatic rings. The SMILES string of the molecule is CCCC1(C(O)CC(C)=O)c2ccccc2-c2ccccc21. The van der Waals surface area contributed by atoms with E-state index in [1.807, 2.05) is 24.3 Å². The van der Waals surface area contributed by atoms with Crippen LogP contribution in [-0.4, -0.2) is 17.0 Å². The number of carbonyl (C=O) groups is 1. The molecule has 0 saturated carbocycles. The van der Waals surface area contributed by atoms with Gasteiger partial charge in [-0.25, -0.2) is 0 Å². The molecule has 0 radical (unpaired) electrons. The van der Waals surface area contributed by atoms with Gasteiger partial charge in [0.05, 0.1) is 6.10 Å². The van der Waals surface area contributed by atoms with Crippen molar-refractivity contribution in [1.29, 1.82) is 0 Å². The number of hydrogen-bond donors (Lipinski definition) is 1. The fourth-order valence-corrected chi connectivity index (χ4v) is 3.99. The Bertz CT molecular complexity index is 657. The second kappa shape index (κ2) is 5.69. The van der Waals surface area contributed by atoms with Crippen molar-refractivity contribution in [2.24, 2.45) is 0 Å². The molecule has 22 heavy (non-hydrogen) atoms. The van der Waals surface area contributed by atoms with Gasteiger partial charge in [0.2, 0.25) is 0 Å². The molecule has 0 amide bonds. The molecule has 0 spiro atoms. The number of ketones is 1. The van der Waals surface area contributed by atoms with E-state index in [0.717, 1.165) is 24.0 Å². The largest absolute Gasteiger partial charge is 0.391 e. The third-order valence-electron chi connectivity index (χ3n) is 4.80. The second-order valence-corrected chi connectivity index (χ2v) is 6.23. The Morgan fingerprint density at radius 1 is 1.05 bits per heavy atom. The lowest BCUT2D eigenvalue weighted by Gasteiger charge is -2.36. The maximum Gasteiger partial charge on any atom is 0.132 e. The van der Waals surface area contributed by atoms with Crippen molar-refractivity contribution in [2.45, 2.75) is 44.6 Å². The Labute approximate surface area is 131 Å². The molecular weight excluding hydrogens is 272 g/mol. The van der Waals surface area contributed by atoms with Crippen LogP contribution in [0.5, 0.6) is 0 Å². The fraction of sp³-hybridized carbons (Fsp3) is 0.350. The highest BCUT2D eigenvalue weighted by Crippen LogP contribution is 2.53. The van der Waals surface area contributed by atoms with Gasteiger partial charge in [-0.1, -0.05) is 61.9 Å². The zero-order chi connectivity index (χ0) is 15.7. The molecule has 0 bridgehead atoms. The van der Waals surface area contributed by atoms with Gasteiger partial charge in [0.15, 0.2) is 0 Å². The van der Waals surface area contributed by atoms with Crippen LogP contribution in [0.25, 0.3) is 11.1 Å². The van der Waals surface area contributed by atoms with Gasteiger partial charge in [-0.05, 0) is 35.6 Å². The zero-order valence-electron chi connectivity index (χ0n) is 13.2. The number of aliphatic hydroxyl groups excluding tert-OH is 1. The Morgan fingerprint density at radius 3 is 2.00 bits per heavy atom. The first-order chi connectivity index (χ1) is 10.6. The molecule has 2 aromatic carbocycles. The summed E-state index contributed by atoms with van der Waals surface area (Å²) in [5.41, 5.74) is 4.23. The van der Waals surface area contributed by atoms with Crippen LogP contribution in [0, 0.1) is 0 Å². The van der Waals surface area contributed by atoms with Gasteiger partial charge < -0.3 is 5.11 Å². The van der Waals surface area contributed by atoms with E-state index < -0.39 is 11.5 Å². The highest BCUT2D eigenvalue weighted by atomic mass is 16.3. The number of fused-ring (bicyclic) bond motifs is 3.